The molecule has 0 aliphatic rings. The molecule has 0 unspecified atom stereocenters. The highest BCUT2D eigenvalue weighted by molar-refractivity contribution is 9.10. The molecule has 1 heterocycles. The summed E-state index contributed by atoms with van der Waals surface area (Å²) < 4.78 is 1.94. The fraction of sp³-hybridized carbons (Fsp3) is 0.214. The van der Waals surface area contributed by atoms with E-state index < -0.39 is 0 Å². The Balaban J connectivity index is 2.34. The molecule has 1 aromatic heterocycles. The largest absolute Gasteiger partial charge is 0.294 e. The Kier molecular flexibility index (Phi) is 4.87. The van der Waals surface area contributed by atoms with Gasteiger partial charge in [-0.05, 0) is 34.0 Å². The minimum absolute atomic E-state index is 0.152. The van der Waals surface area contributed by atoms with Gasteiger partial charge in [-0.2, -0.15) is 0 Å². The van der Waals surface area contributed by atoms with Crippen LogP contribution in [0.25, 0.3) is 0 Å². The molecule has 6 nitrogen and oxygen atoms in total. The Morgan fingerprint density at radius 3 is 2.71 bits per heavy atom. The number of hydrazine groups is 1. The average molecular weight is 351 g/mol. The van der Waals surface area contributed by atoms with Crippen LogP contribution in [-0.4, -0.2) is 15.5 Å². The van der Waals surface area contributed by atoms with E-state index >= 15 is 0 Å². The van der Waals surface area contributed by atoms with Crippen LogP contribution in [0.4, 0.5) is 0 Å². The molecule has 0 aliphatic heterocycles. The molecule has 1 aromatic carbocycles. The van der Waals surface area contributed by atoms with Gasteiger partial charge < -0.3 is 0 Å². The first-order valence-electron chi connectivity index (χ1n) is 6.30. The molecule has 0 fully saturated rings. The van der Waals surface area contributed by atoms with E-state index in [2.05, 4.69) is 26.3 Å². The van der Waals surface area contributed by atoms with Crippen LogP contribution >= 0.6 is 15.9 Å². The lowest BCUT2D eigenvalue weighted by atomic mass is 10.0. The number of halogens is 1. The van der Waals surface area contributed by atoms with Gasteiger partial charge in [0.2, 0.25) is 5.91 Å². The lowest BCUT2D eigenvalue weighted by Crippen LogP contribution is -2.32. The summed E-state index contributed by atoms with van der Waals surface area (Å²) in [5.74, 6) is 4.83. The minimum Gasteiger partial charge on any atom is -0.294 e. The molecule has 1 amide bonds. The van der Waals surface area contributed by atoms with Crippen molar-refractivity contribution in [2.45, 2.75) is 19.9 Å². The number of carbonyl (C=O) groups is 1. The molecule has 21 heavy (non-hydrogen) atoms. The quantitative estimate of drug-likeness (QED) is 0.486. The molecule has 0 radical (unpaired) electrons. The van der Waals surface area contributed by atoms with E-state index in [0.29, 0.717) is 16.7 Å². The van der Waals surface area contributed by atoms with Crippen molar-refractivity contribution in [3.63, 3.8) is 0 Å². The number of nitrogens with two attached hydrogens (primary N) is 1. The predicted molar refractivity (Wildman–Crippen MR) is 82.5 cm³/mol. The monoisotopic (exact) mass is 350 g/mol. The molecule has 0 bridgehead atoms. The first kappa shape index (κ1) is 15.4. The highest BCUT2D eigenvalue weighted by Crippen LogP contribution is 2.12. The maximum atomic E-state index is 12.2. The summed E-state index contributed by atoms with van der Waals surface area (Å²) in [6.07, 6.45) is 1.67. The third kappa shape index (κ3) is 3.56. The number of benzene rings is 1. The number of hydrogen-bond acceptors (Lipinski definition) is 4. The average Bonchev–Trinajstić information content (AvgIpc) is 2.49. The molecular weight excluding hydrogens is 336 g/mol. The summed E-state index contributed by atoms with van der Waals surface area (Å²) in [4.78, 5) is 27.7. The van der Waals surface area contributed by atoms with Crippen LogP contribution in [0.1, 0.15) is 16.8 Å². The van der Waals surface area contributed by atoms with Crippen molar-refractivity contribution < 1.29 is 4.79 Å². The SMILES string of the molecule is Cc1ncn(Cc2ccccc2CC(=O)NN)c(=O)c1Br. The Labute approximate surface area is 130 Å². The molecule has 0 saturated carbocycles. The molecule has 110 valence electrons. The van der Waals surface area contributed by atoms with Gasteiger partial charge in [0.15, 0.2) is 0 Å². The topological polar surface area (TPSA) is 90.0 Å². The Bertz CT molecular complexity index is 727. The fourth-order valence-corrected chi connectivity index (χ4v) is 2.28. The number of carbonyl (C=O) groups excluding carboxylic acids is 1. The van der Waals surface area contributed by atoms with Crippen LogP contribution in [-0.2, 0) is 17.8 Å². The highest BCUT2D eigenvalue weighted by atomic mass is 79.9. The molecule has 7 heteroatoms. The maximum Gasteiger partial charge on any atom is 0.268 e. The normalized spacial score (nSPS) is 10.4. The van der Waals surface area contributed by atoms with E-state index in [1.807, 2.05) is 24.3 Å². The second-order valence-corrected chi connectivity index (χ2v) is 5.38. The van der Waals surface area contributed by atoms with Crippen molar-refractivity contribution in [2.24, 2.45) is 5.84 Å². The fourth-order valence-electron chi connectivity index (χ4n) is 1.95. The van der Waals surface area contributed by atoms with Gasteiger partial charge in [0.25, 0.3) is 5.56 Å². The highest BCUT2D eigenvalue weighted by Gasteiger charge is 2.10. The van der Waals surface area contributed by atoms with E-state index in [4.69, 9.17) is 5.84 Å². The first-order valence-corrected chi connectivity index (χ1v) is 7.10. The van der Waals surface area contributed by atoms with Crippen LogP contribution in [0.3, 0.4) is 0 Å². The summed E-state index contributed by atoms with van der Waals surface area (Å²) in [5, 5.41) is 0. The van der Waals surface area contributed by atoms with Gasteiger partial charge in [0.1, 0.15) is 4.47 Å². The molecule has 2 aromatic rings. The van der Waals surface area contributed by atoms with Crippen LogP contribution < -0.4 is 16.8 Å². The summed E-state index contributed by atoms with van der Waals surface area (Å²) in [6.45, 7) is 2.11. The van der Waals surface area contributed by atoms with Crippen molar-refractivity contribution in [1.29, 1.82) is 0 Å². The van der Waals surface area contributed by atoms with Gasteiger partial charge in [-0.15, -0.1) is 0 Å². The number of amides is 1. The number of nitrogens with zero attached hydrogens (tertiary/aromatic N) is 2. The lowest BCUT2D eigenvalue weighted by molar-refractivity contribution is -0.120. The number of hydrogen-bond donors (Lipinski definition) is 2. The number of aromatic nitrogens is 2. The van der Waals surface area contributed by atoms with Gasteiger partial charge in [0.05, 0.1) is 25.0 Å². The van der Waals surface area contributed by atoms with Crippen molar-refractivity contribution >= 4 is 21.8 Å². The smallest absolute Gasteiger partial charge is 0.268 e. The van der Waals surface area contributed by atoms with Gasteiger partial charge in [-0.3, -0.25) is 19.6 Å². The predicted octanol–water partition coefficient (Wildman–Crippen LogP) is 0.895. The molecule has 2 rings (SSSR count). The van der Waals surface area contributed by atoms with Crippen LogP contribution in [0, 0.1) is 6.92 Å². The van der Waals surface area contributed by atoms with Crippen LogP contribution in [0.15, 0.2) is 39.9 Å². The van der Waals surface area contributed by atoms with E-state index in [0.717, 1.165) is 11.1 Å². The van der Waals surface area contributed by atoms with Gasteiger partial charge >= 0.3 is 0 Å². The number of aryl methyl sites for hydroxylation is 1. The second-order valence-electron chi connectivity index (χ2n) is 4.59. The zero-order chi connectivity index (χ0) is 15.4. The number of nitrogens with one attached hydrogen (secondary N) is 1. The molecule has 3 N–H and O–H groups in total. The van der Waals surface area contributed by atoms with Crippen molar-refractivity contribution in [1.82, 2.24) is 15.0 Å². The van der Waals surface area contributed by atoms with Crippen molar-refractivity contribution in [3.05, 3.63) is 62.2 Å². The summed E-state index contributed by atoms with van der Waals surface area (Å²) in [5.41, 5.74) is 4.30. The van der Waals surface area contributed by atoms with Crippen LogP contribution in [0.2, 0.25) is 0 Å². The van der Waals surface area contributed by atoms with E-state index in [-0.39, 0.29) is 17.9 Å². The zero-order valence-corrected chi connectivity index (χ0v) is 13.1. The van der Waals surface area contributed by atoms with Crippen molar-refractivity contribution in [3.8, 4) is 0 Å². The summed E-state index contributed by atoms with van der Waals surface area (Å²) in [7, 11) is 0. The third-order valence-electron chi connectivity index (χ3n) is 3.13. The Hall–Kier alpha value is -1.99. The first-order chi connectivity index (χ1) is 10.0. The van der Waals surface area contributed by atoms with Gasteiger partial charge in [-0.25, -0.2) is 10.8 Å². The van der Waals surface area contributed by atoms with E-state index in [1.54, 1.807) is 6.92 Å². The maximum absolute atomic E-state index is 12.2. The Morgan fingerprint density at radius 1 is 1.38 bits per heavy atom. The van der Waals surface area contributed by atoms with Gasteiger partial charge in [0, 0.05) is 0 Å². The van der Waals surface area contributed by atoms with E-state index in [1.165, 1.54) is 10.9 Å². The standard InChI is InChI=1S/C14H15BrN4O2/c1-9-13(15)14(21)19(8-17-9)7-11-5-3-2-4-10(11)6-12(20)18-16/h2-5,8H,6-7,16H2,1H3,(H,18,20). The third-order valence-corrected chi connectivity index (χ3v) is 4.04. The summed E-state index contributed by atoms with van der Waals surface area (Å²) in [6, 6.07) is 7.42. The van der Waals surface area contributed by atoms with E-state index in [9.17, 15) is 9.59 Å². The second kappa shape index (κ2) is 6.64. The number of rotatable bonds is 4. The van der Waals surface area contributed by atoms with Crippen molar-refractivity contribution in [2.75, 3.05) is 0 Å². The Morgan fingerprint density at radius 2 is 2.05 bits per heavy atom. The molecular formula is C14H15BrN4O2. The zero-order valence-electron chi connectivity index (χ0n) is 11.5. The molecule has 0 atom stereocenters. The van der Waals surface area contributed by atoms with Gasteiger partial charge in [-0.1, -0.05) is 24.3 Å². The lowest BCUT2D eigenvalue weighted by Gasteiger charge is -2.11. The minimum atomic E-state index is -0.280. The molecule has 0 saturated heterocycles. The summed E-state index contributed by atoms with van der Waals surface area (Å²) >= 11 is 3.24. The van der Waals surface area contributed by atoms with Crippen LogP contribution in [0.5, 0.6) is 0 Å². The molecule has 0 aliphatic carbocycles. The molecule has 0 spiro atoms.